The molecule has 0 N–H and O–H groups in total. The van der Waals surface area contributed by atoms with Crippen molar-refractivity contribution >= 4 is 33.5 Å². The molecule has 0 spiro atoms. The van der Waals surface area contributed by atoms with Crippen LogP contribution in [0.25, 0.3) is 10.9 Å². The number of aryl methyl sites for hydroxylation is 3. The van der Waals surface area contributed by atoms with Crippen molar-refractivity contribution in [3.63, 3.8) is 0 Å². The molecule has 0 saturated heterocycles. The number of rotatable bonds is 3. The Hall–Kier alpha value is -1.33. The third-order valence-corrected chi connectivity index (χ3v) is 5.82. The molecule has 4 rings (SSSR count). The van der Waals surface area contributed by atoms with Crippen LogP contribution in [0.3, 0.4) is 0 Å². The summed E-state index contributed by atoms with van der Waals surface area (Å²) in [6.07, 6.45) is 2.25. The van der Waals surface area contributed by atoms with Crippen molar-refractivity contribution < 1.29 is 0 Å². The molecule has 0 fully saturated rings. The summed E-state index contributed by atoms with van der Waals surface area (Å²) >= 11 is 2.43. The number of aromatic nitrogens is 1. The van der Waals surface area contributed by atoms with Gasteiger partial charge in [0.2, 0.25) is 0 Å². The average molecular weight is 430 g/mol. The molecule has 0 saturated carbocycles. The maximum absolute atomic E-state index is 2.58. The van der Waals surface area contributed by atoms with Gasteiger partial charge >= 0.3 is 0 Å². The van der Waals surface area contributed by atoms with Crippen molar-refractivity contribution in [3.8, 4) is 0 Å². The summed E-state index contributed by atoms with van der Waals surface area (Å²) in [6.45, 7) is 5.45. The molecule has 2 nitrogen and oxygen atoms in total. The van der Waals surface area contributed by atoms with E-state index in [0.29, 0.717) is 0 Å². The van der Waals surface area contributed by atoms with Gasteiger partial charge < -0.3 is 9.47 Å². The second kappa shape index (κ2) is 6.52. The van der Waals surface area contributed by atoms with E-state index in [4.69, 9.17) is 0 Å². The highest BCUT2D eigenvalue weighted by Crippen LogP contribution is 2.32. The minimum Gasteiger partial charge on any atom is -0.344 e. The predicted octanol–water partition coefficient (Wildman–Crippen LogP) is 4.78. The van der Waals surface area contributed by atoms with Gasteiger partial charge in [-0.2, -0.15) is 0 Å². The van der Waals surface area contributed by atoms with Gasteiger partial charge in [-0.3, -0.25) is 0 Å². The number of likely N-dealkylation sites (N-methyl/N-ethyl adjacent to an activating group) is 1. The molecule has 2 aromatic carbocycles. The van der Waals surface area contributed by atoms with E-state index in [1.807, 2.05) is 0 Å². The lowest BCUT2D eigenvalue weighted by Gasteiger charge is -2.24. The summed E-state index contributed by atoms with van der Waals surface area (Å²) in [5.74, 6) is 0. The normalized spacial score (nSPS) is 15.0. The molecular weight excluding hydrogens is 407 g/mol. The first-order valence-corrected chi connectivity index (χ1v) is 9.73. The Kier molecular flexibility index (Phi) is 4.39. The second-order valence-corrected chi connectivity index (χ2v) is 8.21. The van der Waals surface area contributed by atoms with E-state index in [-0.39, 0.29) is 0 Å². The molecule has 1 aromatic heterocycles. The zero-order valence-electron chi connectivity index (χ0n) is 14.3. The van der Waals surface area contributed by atoms with E-state index in [2.05, 4.69) is 88.5 Å². The van der Waals surface area contributed by atoms with Gasteiger partial charge in [0.05, 0.1) is 0 Å². The molecule has 2 heterocycles. The first kappa shape index (κ1) is 16.2. The largest absolute Gasteiger partial charge is 0.344 e. The van der Waals surface area contributed by atoms with Crippen molar-refractivity contribution in [2.24, 2.45) is 0 Å². The molecule has 1 aliphatic rings. The minimum absolute atomic E-state index is 1.07. The van der Waals surface area contributed by atoms with E-state index < -0.39 is 0 Å². The van der Waals surface area contributed by atoms with Gasteiger partial charge in [0.15, 0.2) is 0 Å². The molecule has 0 atom stereocenters. The summed E-state index contributed by atoms with van der Waals surface area (Å²) in [5.41, 5.74) is 7.26. The Bertz CT molecular complexity index is 877. The Labute approximate surface area is 157 Å². The van der Waals surface area contributed by atoms with Crippen molar-refractivity contribution in [2.45, 2.75) is 32.9 Å². The summed E-state index contributed by atoms with van der Waals surface area (Å²) in [4.78, 5) is 2.44. The molecule has 0 aliphatic carbocycles. The fourth-order valence-corrected chi connectivity index (χ4v) is 4.30. The number of fused-ring (bicyclic) bond motifs is 3. The van der Waals surface area contributed by atoms with E-state index >= 15 is 0 Å². The monoisotopic (exact) mass is 430 g/mol. The summed E-state index contributed by atoms with van der Waals surface area (Å²) in [5, 5.41) is 1.45. The first-order chi connectivity index (χ1) is 11.6. The molecule has 0 bridgehead atoms. The first-order valence-electron chi connectivity index (χ1n) is 8.65. The highest BCUT2D eigenvalue weighted by atomic mass is 127. The van der Waals surface area contributed by atoms with E-state index in [1.54, 1.807) is 11.3 Å². The number of nitrogens with zero attached hydrogens (tertiary/aromatic N) is 2. The zero-order valence-corrected chi connectivity index (χ0v) is 16.5. The lowest BCUT2D eigenvalue weighted by molar-refractivity contribution is 0.309. The predicted molar refractivity (Wildman–Crippen MR) is 110 cm³/mol. The zero-order chi connectivity index (χ0) is 16.7. The van der Waals surface area contributed by atoms with Crippen LogP contribution in [0.4, 0.5) is 0 Å². The van der Waals surface area contributed by atoms with E-state index in [9.17, 15) is 0 Å². The van der Waals surface area contributed by atoms with Crippen LogP contribution in [-0.4, -0.2) is 23.1 Å². The Morgan fingerprint density at radius 3 is 2.67 bits per heavy atom. The van der Waals surface area contributed by atoms with Crippen LogP contribution in [-0.2, 0) is 25.9 Å². The number of benzene rings is 2. The van der Waals surface area contributed by atoms with Gasteiger partial charge in [-0.25, -0.2) is 0 Å². The van der Waals surface area contributed by atoms with Crippen LogP contribution in [0.1, 0.15) is 22.4 Å². The van der Waals surface area contributed by atoms with Crippen molar-refractivity contribution in [1.29, 1.82) is 0 Å². The van der Waals surface area contributed by atoms with Crippen LogP contribution in [0.2, 0.25) is 0 Å². The van der Waals surface area contributed by atoms with Gasteiger partial charge in [-0.05, 0) is 72.3 Å². The minimum atomic E-state index is 1.07. The summed E-state index contributed by atoms with van der Waals surface area (Å²) in [7, 11) is 2.23. The third kappa shape index (κ3) is 3.00. The third-order valence-electron chi connectivity index (χ3n) is 5.15. The Morgan fingerprint density at radius 2 is 1.88 bits per heavy atom. The van der Waals surface area contributed by atoms with Gasteiger partial charge in [-0.1, -0.05) is 29.8 Å². The number of hydrogen-bond donors (Lipinski definition) is 0. The fraction of sp³-hybridized carbons (Fsp3) is 0.333. The molecule has 24 heavy (non-hydrogen) atoms. The molecule has 3 aromatic rings. The maximum Gasteiger partial charge on any atom is 0.0486 e. The highest BCUT2D eigenvalue weighted by molar-refractivity contribution is 14.1. The Balaban J connectivity index is 1.73. The van der Waals surface area contributed by atoms with Gasteiger partial charge in [0.1, 0.15) is 0 Å². The van der Waals surface area contributed by atoms with Crippen LogP contribution >= 0.6 is 22.6 Å². The SMILES string of the molecule is Cc1ccc(CCn2c3c(c4cc(I)ccc42)CN(C)CC3)cc1. The lowest BCUT2D eigenvalue weighted by atomic mass is 10.1. The van der Waals surface area contributed by atoms with Crippen LogP contribution in [0.5, 0.6) is 0 Å². The Morgan fingerprint density at radius 1 is 1.08 bits per heavy atom. The molecule has 124 valence electrons. The molecule has 0 radical (unpaired) electrons. The highest BCUT2D eigenvalue weighted by Gasteiger charge is 2.22. The van der Waals surface area contributed by atoms with Crippen LogP contribution in [0, 0.1) is 10.5 Å². The van der Waals surface area contributed by atoms with Gasteiger partial charge in [0.25, 0.3) is 0 Å². The smallest absolute Gasteiger partial charge is 0.0486 e. The summed E-state index contributed by atoms with van der Waals surface area (Å²) in [6, 6.07) is 15.9. The van der Waals surface area contributed by atoms with Crippen molar-refractivity contribution in [1.82, 2.24) is 9.47 Å². The molecular formula is C21H23IN2. The topological polar surface area (TPSA) is 8.17 Å². The molecule has 0 amide bonds. The number of hydrogen-bond acceptors (Lipinski definition) is 1. The fourth-order valence-electron chi connectivity index (χ4n) is 3.81. The summed E-state index contributed by atoms with van der Waals surface area (Å²) < 4.78 is 3.90. The average Bonchev–Trinajstić information content (AvgIpc) is 2.87. The molecule has 3 heteroatoms. The van der Waals surface area contributed by atoms with Crippen molar-refractivity contribution in [3.05, 3.63) is 68.4 Å². The lowest BCUT2D eigenvalue weighted by Crippen LogP contribution is -2.27. The number of halogens is 1. The maximum atomic E-state index is 2.58. The van der Waals surface area contributed by atoms with Crippen LogP contribution < -0.4 is 0 Å². The van der Waals surface area contributed by atoms with E-state index in [1.165, 1.54) is 25.6 Å². The molecule has 0 unspecified atom stereocenters. The van der Waals surface area contributed by atoms with Crippen LogP contribution in [0.15, 0.2) is 42.5 Å². The standard InChI is InChI=1S/C21H23IN2/c1-15-3-5-16(6-4-15)9-12-24-20-8-7-17(22)13-18(20)19-14-23(2)11-10-21(19)24/h3-8,13H,9-12,14H2,1-2H3. The van der Waals surface area contributed by atoms with E-state index in [0.717, 1.165) is 32.5 Å². The molecule has 1 aliphatic heterocycles. The second-order valence-electron chi connectivity index (χ2n) is 6.96. The van der Waals surface area contributed by atoms with Crippen molar-refractivity contribution in [2.75, 3.05) is 13.6 Å². The quantitative estimate of drug-likeness (QED) is 0.543. The van der Waals surface area contributed by atoms with Gasteiger partial charge in [-0.15, -0.1) is 0 Å². The van der Waals surface area contributed by atoms with Gasteiger partial charge in [0, 0.05) is 46.2 Å².